The first-order valence-corrected chi connectivity index (χ1v) is 10.2. The number of hydrogen-bond acceptors (Lipinski definition) is 6. The van der Waals surface area contributed by atoms with Crippen LogP contribution in [0.15, 0.2) is 30.3 Å². The Morgan fingerprint density at radius 2 is 1.86 bits per heavy atom. The number of rotatable bonds is 5. The normalized spacial score (nSPS) is 11.2. The van der Waals surface area contributed by atoms with Crippen molar-refractivity contribution in [2.75, 3.05) is 5.32 Å². The van der Waals surface area contributed by atoms with E-state index in [9.17, 15) is 4.79 Å². The summed E-state index contributed by atoms with van der Waals surface area (Å²) >= 11 is 1.37. The highest BCUT2D eigenvalue weighted by molar-refractivity contribution is 7.18. The minimum absolute atomic E-state index is 0.0810. The lowest BCUT2D eigenvalue weighted by atomic mass is 9.99. The fourth-order valence-corrected chi connectivity index (χ4v) is 4.39. The first-order chi connectivity index (χ1) is 13.9. The zero-order valence-corrected chi connectivity index (χ0v) is 17.7. The summed E-state index contributed by atoms with van der Waals surface area (Å²) in [5, 5.41) is 18.0. The molecule has 1 amide bonds. The summed E-state index contributed by atoms with van der Waals surface area (Å²) in [7, 11) is 1.90. The van der Waals surface area contributed by atoms with Crippen LogP contribution in [-0.2, 0) is 18.3 Å². The quantitative estimate of drug-likeness (QED) is 0.542. The third kappa shape index (κ3) is 3.75. The first-order valence-electron chi connectivity index (χ1n) is 9.42. The Balaban J connectivity index is 1.47. The van der Waals surface area contributed by atoms with Gasteiger partial charge in [-0.15, -0.1) is 10.2 Å². The molecule has 0 unspecified atom stereocenters. The Hall–Kier alpha value is -3.13. The summed E-state index contributed by atoms with van der Waals surface area (Å²) in [5.74, 6) is -0.0810. The molecule has 3 heterocycles. The molecular weight excluding hydrogens is 384 g/mol. The van der Waals surface area contributed by atoms with E-state index in [0.29, 0.717) is 18.0 Å². The zero-order chi connectivity index (χ0) is 20.5. The zero-order valence-electron chi connectivity index (χ0n) is 16.9. The minimum atomic E-state index is -0.0810. The van der Waals surface area contributed by atoms with Crippen LogP contribution in [0.5, 0.6) is 0 Å². The number of aryl methyl sites for hydroxylation is 4. The van der Waals surface area contributed by atoms with Gasteiger partial charge in [-0.25, -0.2) is 4.98 Å². The molecule has 4 rings (SSSR count). The molecule has 0 fully saturated rings. The number of anilines is 1. The van der Waals surface area contributed by atoms with E-state index >= 15 is 0 Å². The number of fused-ring (bicyclic) bond motifs is 1. The van der Waals surface area contributed by atoms with E-state index < -0.39 is 0 Å². The van der Waals surface area contributed by atoms with E-state index in [0.717, 1.165) is 44.1 Å². The Morgan fingerprint density at radius 1 is 1.10 bits per heavy atom. The molecule has 1 aromatic carbocycles. The van der Waals surface area contributed by atoms with E-state index in [2.05, 4.69) is 27.5 Å². The van der Waals surface area contributed by atoms with Crippen LogP contribution in [0.25, 0.3) is 21.6 Å². The van der Waals surface area contributed by atoms with Crippen molar-refractivity contribution >= 4 is 33.4 Å². The molecule has 0 aliphatic heterocycles. The lowest BCUT2D eigenvalue weighted by molar-refractivity contribution is -0.116. The second-order valence-electron chi connectivity index (χ2n) is 7.03. The molecule has 0 aliphatic carbocycles. The summed E-state index contributed by atoms with van der Waals surface area (Å²) in [5.41, 5.74) is 6.02. The number of carbonyl (C=O) groups is 1. The largest absolute Gasteiger partial charge is 0.301 e. The second kappa shape index (κ2) is 7.71. The highest BCUT2D eigenvalue weighted by Gasteiger charge is 2.16. The van der Waals surface area contributed by atoms with Gasteiger partial charge in [-0.3, -0.25) is 9.48 Å². The molecule has 3 aromatic heterocycles. The second-order valence-corrected chi connectivity index (χ2v) is 8.01. The third-order valence-corrected chi connectivity index (χ3v) is 5.91. The summed E-state index contributed by atoms with van der Waals surface area (Å²) in [6.45, 7) is 6.05. The summed E-state index contributed by atoms with van der Waals surface area (Å²) in [4.78, 5) is 17.2. The van der Waals surface area contributed by atoms with Crippen molar-refractivity contribution in [2.24, 2.45) is 7.05 Å². The highest BCUT2D eigenvalue weighted by atomic mass is 32.1. The van der Waals surface area contributed by atoms with Crippen molar-refractivity contribution in [2.45, 2.75) is 33.6 Å². The van der Waals surface area contributed by atoms with E-state index in [1.807, 2.05) is 51.2 Å². The van der Waals surface area contributed by atoms with E-state index in [1.165, 1.54) is 11.3 Å². The van der Waals surface area contributed by atoms with E-state index in [-0.39, 0.29) is 5.91 Å². The monoisotopic (exact) mass is 406 g/mol. The number of benzene rings is 1. The third-order valence-electron chi connectivity index (χ3n) is 5.02. The number of nitrogens with zero attached hydrogens (tertiary/aromatic N) is 5. The molecule has 1 N–H and O–H groups in total. The van der Waals surface area contributed by atoms with Gasteiger partial charge in [0, 0.05) is 30.1 Å². The molecule has 0 saturated carbocycles. The number of pyridine rings is 1. The van der Waals surface area contributed by atoms with Crippen molar-refractivity contribution in [1.29, 1.82) is 0 Å². The topological polar surface area (TPSA) is 85.6 Å². The Morgan fingerprint density at radius 3 is 2.62 bits per heavy atom. The molecule has 29 heavy (non-hydrogen) atoms. The van der Waals surface area contributed by atoms with Crippen LogP contribution >= 0.6 is 11.3 Å². The van der Waals surface area contributed by atoms with Crippen molar-refractivity contribution in [3.05, 3.63) is 52.8 Å². The Bertz CT molecular complexity index is 1200. The number of carbonyl (C=O) groups excluding carboxylic acids is 1. The SMILES string of the molecule is Cc1nc2c(c(C)nn2C)c(C)c1CCC(=O)Nc1nnc(-c2ccccc2)s1. The lowest BCUT2D eigenvalue weighted by Gasteiger charge is -2.11. The Kier molecular flexibility index (Phi) is 5.10. The predicted octanol–water partition coefficient (Wildman–Crippen LogP) is 3.98. The van der Waals surface area contributed by atoms with Crippen molar-refractivity contribution in [3.63, 3.8) is 0 Å². The van der Waals surface area contributed by atoms with Crippen LogP contribution in [0.3, 0.4) is 0 Å². The van der Waals surface area contributed by atoms with Crippen LogP contribution in [0.1, 0.15) is 28.9 Å². The van der Waals surface area contributed by atoms with Gasteiger partial charge >= 0.3 is 0 Å². The van der Waals surface area contributed by atoms with Crippen molar-refractivity contribution in [1.82, 2.24) is 25.0 Å². The standard InChI is InChI=1S/C21H22N6OS/c1-12-16(13(2)22-19-18(12)14(3)26-27(19)4)10-11-17(28)23-21-25-24-20(29-21)15-8-6-5-7-9-15/h5-9H,10-11H2,1-4H3,(H,23,25,28). The van der Waals surface area contributed by atoms with Gasteiger partial charge in [-0.2, -0.15) is 5.10 Å². The van der Waals surface area contributed by atoms with Gasteiger partial charge in [0.15, 0.2) is 5.65 Å². The number of hydrogen-bond donors (Lipinski definition) is 1. The number of nitrogens with one attached hydrogen (secondary N) is 1. The Labute approximate surface area is 172 Å². The smallest absolute Gasteiger partial charge is 0.226 e. The van der Waals surface area contributed by atoms with Crippen LogP contribution < -0.4 is 5.32 Å². The molecule has 148 valence electrons. The first kappa shape index (κ1) is 19.2. The van der Waals surface area contributed by atoms with Gasteiger partial charge in [-0.05, 0) is 38.3 Å². The van der Waals surface area contributed by atoms with E-state index in [1.54, 1.807) is 4.68 Å². The summed E-state index contributed by atoms with van der Waals surface area (Å²) in [6, 6.07) is 9.81. The lowest BCUT2D eigenvalue weighted by Crippen LogP contribution is -2.13. The summed E-state index contributed by atoms with van der Waals surface area (Å²) < 4.78 is 1.81. The molecular formula is C21H22N6OS. The molecule has 0 aliphatic rings. The van der Waals surface area contributed by atoms with Crippen LogP contribution in [-0.4, -0.2) is 30.9 Å². The van der Waals surface area contributed by atoms with Crippen LogP contribution in [0, 0.1) is 20.8 Å². The maximum absolute atomic E-state index is 12.5. The molecule has 8 heteroatoms. The average Bonchev–Trinajstić information content (AvgIpc) is 3.26. The number of aromatic nitrogens is 5. The molecule has 0 bridgehead atoms. The van der Waals surface area contributed by atoms with Crippen molar-refractivity contribution < 1.29 is 4.79 Å². The van der Waals surface area contributed by atoms with Crippen molar-refractivity contribution in [3.8, 4) is 10.6 Å². The molecule has 0 spiro atoms. The number of amides is 1. The van der Waals surface area contributed by atoms with E-state index in [4.69, 9.17) is 4.98 Å². The molecule has 4 aromatic rings. The fourth-order valence-electron chi connectivity index (χ4n) is 3.62. The van der Waals surface area contributed by atoms with Gasteiger partial charge in [0.2, 0.25) is 11.0 Å². The van der Waals surface area contributed by atoms with Gasteiger partial charge in [0.05, 0.1) is 5.69 Å². The van der Waals surface area contributed by atoms with Gasteiger partial charge in [-0.1, -0.05) is 41.7 Å². The average molecular weight is 407 g/mol. The molecule has 0 radical (unpaired) electrons. The van der Waals surface area contributed by atoms with Crippen LogP contribution in [0.4, 0.5) is 5.13 Å². The minimum Gasteiger partial charge on any atom is -0.301 e. The van der Waals surface area contributed by atoms with Crippen LogP contribution in [0.2, 0.25) is 0 Å². The predicted molar refractivity (Wildman–Crippen MR) is 115 cm³/mol. The fraction of sp³-hybridized carbons (Fsp3) is 0.286. The maximum atomic E-state index is 12.5. The van der Waals surface area contributed by atoms with Gasteiger partial charge < -0.3 is 5.32 Å². The molecule has 0 atom stereocenters. The van der Waals surface area contributed by atoms with Gasteiger partial charge in [0.25, 0.3) is 0 Å². The maximum Gasteiger partial charge on any atom is 0.226 e. The summed E-state index contributed by atoms with van der Waals surface area (Å²) in [6.07, 6.45) is 0.972. The highest BCUT2D eigenvalue weighted by Crippen LogP contribution is 2.27. The molecule has 7 nitrogen and oxygen atoms in total. The molecule has 0 saturated heterocycles. The van der Waals surface area contributed by atoms with Gasteiger partial charge in [0.1, 0.15) is 5.01 Å².